The molecule has 1 unspecified atom stereocenters. The molecule has 14 heavy (non-hydrogen) atoms. The molecule has 0 aliphatic carbocycles. The van der Waals surface area contributed by atoms with Crippen LogP contribution in [-0.2, 0) is 0 Å². The average Bonchev–Trinajstić information content (AvgIpc) is 2.46. The molecule has 0 aromatic carbocycles. The predicted octanol–water partition coefficient (Wildman–Crippen LogP) is 0.0199. The monoisotopic (exact) mass is 194 g/mol. The van der Waals surface area contributed by atoms with Crippen molar-refractivity contribution in [3.05, 3.63) is 12.3 Å². The molecule has 1 atom stereocenters. The highest BCUT2D eigenvalue weighted by Crippen LogP contribution is 2.23. The third-order valence-corrected chi connectivity index (χ3v) is 2.40. The van der Waals surface area contributed by atoms with Crippen molar-refractivity contribution >= 4 is 11.8 Å². The van der Waals surface area contributed by atoms with E-state index >= 15 is 0 Å². The van der Waals surface area contributed by atoms with Crippen LogP contribution in [0.25, 0.3) is 0 Å². The van der Waals surface area contributed by atoms with E-state index in [1.54, 1.807) is 12.3 Å². The summed E-state index contributed by atoms with van der Waals surface area (Å²) in [5.74, 6) is 1.06. The zero-order chi connectivity index (χ0) is 10.2. The van der Waals surface area contributed by atoms with Crippen molar-refractivity contribution in [1.29, 1.82) is 0 Å². The number of aromatic nitrogens is 2. The molecule has 2 rings (SSSR count). The average molecular weight is 194 g/mol. The summed E-state index contributed by atoms with van der Waals surface area (Å²) < 4.78 is 0. The first-order valence-electron chi connectivity index (χ1n) is 4.63. The Kier molecular flexibility index (Phi) is 2.03. The van der Waals surface area contributed by atoms with Crippen LogP contribution in [0.15, 0.2) is 12.3 Å². The van der Waals surface area contributed by atoms with E-state index in [1.807, 2.05) is 11.8 Å². The van der Waals surface area contributed by atoms with Crippen molar-refractivity contribution in [3.8, 4) is 0 Å². The lowest BCUT2D eigenvalue weighted by Crippen LogP contribution is -2.30. The summed E-state index contributed by atoms with van der Waals surface area (Å²) in [5.41, 5.74) is 4.92. The van der Waals surface area contributed by atoms with E-state index in [9.17, 15) is 5.11 Å². The standard InChI is InChI=1S/C9H14N4O/c1-9(14)3-5-13(6-9)8-11-4-2-7(10)12-8/h2,4,14H,3,5-6H2,1H3,(H2,10,11,12). The van der Waals surface area contributed by atoms with Crippen LogP contribution in [0.5, 0.6) is 0 Å². The van der Waals surface area contributed by atoms with E-state index in [4.69, 9.17) is 5.73 Å². The molecule has 1 aliphatic heterocycles. The Bertz CT molecular complexity index is 339. The second-order valence-corrected chi connectivity index (χ2v) is 3.95. The minimum atomic E-state index is -0.631. The molecule has 1 aromatic rings. The highest BCUT2D eigenvalue weighted by molar-refractivity contribution is 5.39. The fourth-order valence-corrected chi connectivity index (χ4v) is 1.63. The third-order valence-electron chi connectivity index (χ3n) is 2.40. The van der Waals surface area contributed by atoms with Crippen LogP contribution in [0.4, 0.5) is 11.8 Å². The molecule has 0 radical (unpaired) electrons. The van der Waals surface area contributed by atoms with Gasteiger partial charge in [-0.15, -0.1) is 0 Å². The molecule has 2 heterocycles. The van der Waals surface area contributed by atoms with Gasteiger partial charge in [0.1, 0.15) is 5.82 Å². The number of hydrogen-bond acceptors (Lipinski definition) is 5. The first-order valence-corrected chi connectivity index (χ1v) is 4.63. The fourth-order valence-electron chi connectivity index (χ4n) is 1.63. The molecule has 1 aromatic heterocycles. The van der Waals surface area contributed by atoms with Crippen LogP contribution in [-0.4, -0.2) is 33.8 Å². The molecule has 0 saturated carbocycles. The number of nitrogen functional groups attached to an aromatic ring is 1. The topological polar surface area (TPSA) is 75.3 Å². The van der Waals surface area contributed by atoms with Crippen LogP contribution in [0.2, 0.25) is 0 Å². The van der Waals surface area contributed by atoms with Crippen LogP contribution >= 0.6 is 0 Å². The molecule has 1 aliphatic rings. The molecule has 0 amide bonds. The zero-order valence-electron chi connectivity index (χ0n) is 8.14. The third kappa shape index (κ3) is 1.77. The summed E-state index contributed by atoms with van der Waals surface area (Å²) in [7, 11) is 0. The molecular weight excluding hydrogens is 180 g/mol. The number of nitrogens with zero attached hydrogens (tertiary/aromatic N) is 3. The number of hydrogen-bond donors (Lipinski definition) is 2. The quantitative estimate of drug-likeness (QED) is 0.659. The number of aliphatic hydroxyl groups is 1. The maximum atomic E-state index is 9.77. The Morgan fingerprint density at radius 3 is 3.00 bits per heavy atom. The number of rotatable bonds is 1. The second-order valence-electron chi connectivity index (χ2n) is 3.95. The van der Waals surface area contributed by atoms with Crippen molar-refractivity contribution < 1.29 is 5.11 Å². The zero-order valence-corrected chi connectivity index (χ0v) is 8.14. The Morgan fingerprint density at radius 2 is 2.43 bits per heavy atom. The molecule has 1 fully saturated rings. The van der Waals surface area contributed by atoms with Gasteiger partial charge in [0.15, 0.2) is 0 Å². The maximum absolute atomic E-state index is 9.77. The molecule has 1 saturated heterocycles. The number of anilines is 2. The lowest BCUT2D eigenvalue weighted by atomic mass is 10.1. The number of nitrogens with two attached hydrogens (primary N) is 1. The van der Waals surface area contributed by atoms with E-state index in [0.29, 0.717) is 18.3 Å². The number of β-amino-alcohol motifs (C(OH)–C–C–N with tert-alkyl or cyclic N) is 1. The lowest BCUT2D eigenvalue weighted by molar-refractivity contribution is 0.0838. The summed E-state index contributed by atoms with van der Waals surface area (Å²) in [4.78, 5) is 10.2. The van der Waals surface area contributed by atoms with Gasteiger partial charge in [-0.1, -0.05) is 0 Å². The van der Waals surface area contributed by atoms with Gasteiger partial charge >= 0.3 is 0 Å². The summed E-state index contributed by atoms with van der Waals surface area (Å²) in [6, 6.07) is 1.65. The minimum Gasteiger partial charge on any atom is -0.388 e. The highest BCUT2D eigenvalue weighted by atomic mass is 16.3. The minimum absolute atomic E-state index is 0.460. The van der Waals surface area contributed by atoms with Gasteiger partial charge in [-0.25, -0.2) is 4.98 Å². The van der Waals surface area contributed by atoms with Gasteiger partial charge in [0, 0.05) is 19.3 Å². The second kappa shape index (κ2) is 3.09. The largest absolute Gasteiger partial charge is 0.388 e. The SMILES string of the molecule is CC1(O)CCN(c2nccc(N)n2)C1. The van der Waals surface area contributed by atoms with E-state index in [2.05, 4.69) is 9.97 Å². The van der Waals surface area contributed by atoms with Gasteiger partial charge in [0.05, 0.1) is 5.60 Å². The van der Waals surface area contributed by atoms with Crippen LogP contribution in [0.3, 0.4) is 0 Å². The van der Waals surface area contributed by atoms with E-state index < -0.39 is 5.60 Å². The first-order chi connectivity index (χ1) is 6.57. The summed E-state index contributed by atoms with van der Waals surface area (Å²) in [6.07, 6.45) is 2.37. The van der Waals surface area contributed by atoms with Gasteiger partial charge in [-0.05, 0) is 19.4 Å². The van der Waals surface area contributed by atoms with Gasteiger partial charge in [-0.3, -0.25) is 0 Å². The molecule has 5 heteroatoms. The summed E-state index contributed by atoms with van der Waals surface area (Å²) >= 11 is 0. The van der Waals surface area contributed by atoms with Crippen molar-refractivity contribution in [3.63, 3.8) is 0 Å². The van der Waals surface area contributed by atoms with Crippen molar-refractivity contribution in [1.82, 2.24) is 9.97 Å². The van der Waals surface area contributed by atoms with Gasteiger partial charge < -0.3 is 15.7 Å². The fraction of sp³-hybridized carbons (Fsp3) is 0.556. The van der Waals surface area contributed by atoms with Crippen LogP contribution < -0.4 is 10.6 Å². The molecule has 5 nitrogen and oxygen atoms in total. The highest BCUT2D eigenvalue weighted by Gasteiger charge is 2.32. The van der Waals surface area contributed by atoms with E-state index in [0.717, 1.165) is 13.0 Å². The van der Waals surface area contributed by atoms with Gasteiger partial charge in [0.2, 0.25) is 5.95 Å². The Labute approximate surface area is 82.6 Å². The maximum Gasteiger partial charge on any atom is 0.227 e. The van der Waals surface area contributed by atoms with Crippen LogP contribution in [0, 0.1) is 0 Å². The smallest absolute Gasteiger partial charge is 0.227 e. The molecular formula is C9H14N4O. The molecule has 76 valence electrons. The van der Waals surface area contributed by atoms with Gasteiger partial charge in [-0.2, -0.15) is 4.98 Å². The molecule has 0 spiro atoms. The Balaban J connectivity index is 2.17. The van der Waals surface area contributed by atoms with Crippen molar-refractivity contribution in [2.45, 2.75) is 18.9 Å². The normalized spacial score (nSPS) is 26.9. The predicted molar refractivity (Wildman–Crippen MR) is 53.9 cm³/mol. The molecule has 3 N–H and O–H groups in total. The first kappa shape index (κ1) is 9.21. The van der Waals surface area contributed by atoms with E-state index in [-0.39, 0.29) is 0 Å². The molecule has 0 bridgehead atoms. The lowest BCUT2D eigenvalue weighted by Gasteiger charge is -2.18. The summed E-state index contributed by atoms with van der Waals surface area (Å²) in [6.45, 7) is 3.16. The Morgan fingerprint density at radius 1 is 1.64 bits per heavy atom. The Hall–Kier alpha value is -1.36. The van der Waals surface area contributed by atoms with E-state index in [1.165, 1.54) is 0 Å². The van der Waals surface area contributed by atoms with Crippen LogP contribution in [0.1, 0.15) is 13.3 Å². The summed E-state index contributed by atoms with van der Waals surface area (Å²) in [5, 5.41) is 9.77. The van der Waals surface area contributed by atoms with Gasteiger partial charge in [0.25, 0.3) is 0 Å². The van der Waals surface area contributed by atoms with Crippen molar-refractivity contribution in [2.24, 2.45) is 0 Å². The van der Waals surface area contributed by atoms with Crippen molar-refractivity contribution in [2.75, 3.05) is 23.7 Å².